The summed E-state index contributed by atoms with van der Waals surface area (Å²) in [5, 5.41) is 11.6. The molecule has 2 aromatic rings. The first-order valence-corrected chi connectivity index (χ1v) is 12.4. The van der Waals surface area contributed by atoms with Gasteiger partial charge >= 0.3 is 0 Å². The number of ketones is 1. The summed E-state index contributed by atoms with van der Waals surface area (Å²) >= 11 is 0. The van der Waals surface area contributed by atoms with Crippen molar-refractivity contribution in [3.05, 3.63) is 53.1 Å². The van der Waals surface area contributed by atoms with Gasteiger partial charge in [-0.25, -0.2) is 0 Å². The number of rotatable bonds is 9. The number of carbonyl (C=O) groups is 2. The van der Waals surface area contributed by atoms with Gasteiger partial charge in [0, 0.05) is 12.1 Å². The maximum atomic E-state index is 13.5. The Kier molecular flexibility index (Phi) is 7.72. The van der Waals surface area contributed by atoms with E-state index in [1.807, 2.05) is 13.8 Å². The van der Waals surface area contributed by atoms with E-state index in [-0.39, 0.29) is 17.4 Å². The van der Waals surface area contributed by atoms with Crippen LogP contribution in [0, 0.1) is 0 Å². The fourth-order valence-corrected chi connectivity index (χ4v) is 5.13. The number of nitrogens with zero attached hydrogens (tertiary/aromatic N) is 1. The minimum Gasteiger partial charge on any atom is -0.507 e. The molecule has 2 aromatic carbocycles. The molecular weight excluding hydrogens is 462 g/mol. The Bertz CT molecular complexity index is 1170. The van der Waals surface area contributed by atoms with Crippen LogP contribution in [0.15, 0.2) is 42.0 Å². The Balaban J connectivity index is 1.91. The van der Waals surface area contributed by atoms with Gasteiger partial charge in [-0.05, 0) is 56.5 Å². The minimum atomic E-state index is -0.769. The quantitative estimate of drug-likeness (QED) is 0.301. The third-order valence-electron chi connectivity index (χ3n) is 6.74. The van der Waals surface area contributed by atoms with Crippen LogP contribution in [0.2, 0.25) is 0 Å². The van der Waals surface area contributed by atoms with Gasteiger partial charge in [0.15, 0.2) is 11.5 Å². The number of aliphatic hydroxyl groups excluding tert-OH is 1. The summed E-state index contributed by atoms with van der Waals surface area (Å²) in [7, 11) is 3.08. The Hall–Kier alpha value is -3.68. The second kappa shape index (κ2) is 10.9. The normalized spacial score (nSPS) is 19.6. The van der Waals surface area contributed by atoms with Crippen molar-refractivity contribution in [1.82, 2.24) is 4.90 Å². The summed E-state index contributed by atoms with van der Waals surface area (Å²) in [6.07, 6.45) is 3.59. The van der Waals surface area contributed by atoms with Gasteiger partial charge in [-0.3, -0.25) is 9.59 Å². The second-order valence-electron chi connectivity index (χ2n) is 8.78. The van der Waals surface area contributed by atoms with Crippen LogP contribution in [0.3, 0.4) is 0 Å². The summed E-state index contributed by atoms with van der Waals surface area (Å²) in [6.45, 7) is 4.54. The van der Waals surface area contributed by atoms with E-state index >= 15 is 0 Å². The van der Waals surface area contributed by atoms with Crippen molar-refractivity contribution >= 4 is 17.4 Å². The molecule has 1 heterocycles. The zero-order valence-electron chi connectivity index (χ0n) is 21.2. The second-order valence-corrected chi connectivity index (χ2v) is 8.78. The molecule has 0 spiro atoms. The SMILES string of the molecule is CCOc1ccc(/C(O)=C2\C(=O)C(=O)N(C3CCCC3)C2c2ccc(OC)c(OC)c2)c(OCC)c1. The van der Waals surface area contributed by atoms with Crippen LogP contribution in [0.25, 0.3) is 5.76 Å². The third-order valence-corrected chi connectivity index (χ3v) is 6.74. The van der Waals surface area contributed by atoms with Gasteiger partial charge in [0.2, 0.25) is 0 Å². The molecule has 36 heavy (non-hydrogen) atoms. The number of hydrogen-bond donors (Lipinski definition) is 1. The van der Waals surface area contributed by atoms with Crippen LogP contribution in [-0.4, -0.2) is 55.2 Å². The summed E-state index contributed by atoms with van der Waals surface area (Å²) < 4.78 is 22.2. The standard InChI is InChI=1S/C28H33NO7/c1-5-35-19-12-13-20(22(16-19)36-6-2)26(30)24-25(17-11-14-21(33-3)23(15-17)34-4)29(28(32)27(24)31)18-9-7-8-10-18/h11-16,18,25,30H,5-10H2,1-4H3/b26-24+. The third kappa shape index (κ3) is 4.59. The van der Waals surface area contributed by atoms with Crippen LogP contribution in [0.1, 0.15) is 56.7 Å². The van der Waals surface area contributed by atoms with Gasteiger partial charge in [-0.2, -0.15) is 0 Å². The average molecular weight is 496 g/mol. The molecule has 1 unspecified atom stereocenters. The summed E-state index contributed by atoms with van der Waals surface area (Å²) in [6, 6.07) is 9.48. The van der Waals surface area contributed by atoms with E-state index in [1.54, 1.807) is 48.4 Å². The number of hydrogen-bond acceptors (Lipinski definition) is 7. The van der Waals surface area contributed by atoms with Gasteiger partial charge in [-0.1, -0.05) is 18.9 Å². The van der Waals surface area contributed by atoms with E-state index in [1.165, 1.54) is 7.11 Å². The van der Waals surface area contributed by atoms with E-state index in [0.717, 1.165) is 25.7 Å². The Morgan fingerprint density at radius 2 is 1.61 bits per heavy atom. The lowest BCUT2D eigenvalue weighted by Gasteiger charge is -2.31. The molecule has 0 bridgehead atoms. The molecule has 192 valence electrons. The molecule has 1 saturated heterocycles. The fourth-order valence-electron chi connectivity index (χ4n) is 5.13. The van der Waals surface area contributed by atoms with E-state index in [4.69, 9.17) is 18.9 Å². The lowest BCUT2D eigenvalue weighted by atomic mass is 9.94. The van der Waals surface area contributed by atoms with Crippen LogP contribution in [-0.2, 0) is 9.59 Å². The number of amides is 1. The van der Waals surface area contributed by atoms with Gasteiger partial charge in [0.25, 0.3) is 11.7 Å². The minimum absolute atomic E-state index is 0.0317. The Morgan fingerprint density at radius 1 is 0.917 bits per heavy atom. The van der Waals surface area contributed by atoms with Gasteiger partial charge < -0.3 is 29.0 Å². The fraction of sp³-hybridized carbons (Fsp3) is 0.429. The molecule has 1 aliphatic carbocycles. The van der Waals surface area contributed by atoms with Crippen molar-refractivity contribution in [3.63, 3.8) is 0 Å². The number of carbonyl (C=O) groups excluding carboxylic acids is 2. The van der Waals surface area contributed by atoms with Crippen LogP contribution in [0.5, 0.6) is 23.0 Å². The van der Waals surface area contributed by atoms with Crippen molar-refractivity contribution in [2.75, 3.05) is 27.4 Å². The lowest BCUT2D eigenvalue weighted by Crippen LogP contribution is -2.37. The van der Waals surface area contributed by atoms with E-state index < -0.39 is 17.7 Å². The smallest absolute Gasteiger partial charge is 0.295 e. The first-order valence-electron chi connectivity index (χ1n) is 12.4. The number of likely N-dealkylation sites (tertiary alicyclic amines) is 1. The van der Waals surface area contributed by atoms with Crippen molar-refractivity contribution in [3.8, 4) is 23.0 Å². The maximum absolute atomic E-state index is 13.5. The summed E-state index contributed by atoms with van der Waals surface area (Å²) in [5.74, 6) is 0.370. The van der Waals surface area contributed by atoms with Crippen LogP contribution in [0.4, 0.5) is 0 Å². The number of benzene rings is 2. The number of aliphatic hydroxyl groups is 1. The zero-order chi connectivity index (χ0) is 25.8. The number of Topliss-reactive ketones (excluding diaryl/α,β-unsaturated/α-hetero) is 1. The lowest BCUT2D eigenvalue weighted by molar-refractivity contribution is -0.141. The molecule has 8 heteroatoms. The van der Waals surface area contributed by atoms with Crippen molar-refractivity contribution < 1.29 is 33.6 Å². The van der Waals surface area contributed by atoms with Crippen molar-refractivity contribution in [2.24, 2.45) is 0 Å². The number of ether oxygens (including phenoxy) is 4. The van der Waals surface area contributed by atoms with E-state index in [2.05, 4.69) is 0 Å². The molecule has 2 fully saturated rings. The summed E-state index contributed by atoms with van der Waals surface area (Å²) in [4.78, 5) is 28.5. The molecule has 1 N–H and O–H groups in total. The van der Waals surface area contributed by atoms with Gasteiger partial charge in [0.1, 0.15) is 17.3 Å². The first kappa shape index (κ1) is 25.4. The van der Waals surface area contributed by atoms with Gasteiger partial charge in [0.05, 0.1) is 44.6 Å². The highest BCUT2D eigenvalue weighted by atomic mass is 16.5. The molecular formula is C28H33NO7. The zero-order valence-corrected chi connectivity index (χ0v) is 21.2. The monoisotopic (exact) mass is 495 g/mol. The van der Waals surface area contributed by atoms with Crippen LogP contribution < -0.4 is 18.9 Å². The highest BCUT2D eigenvalue weighted by Gasteiger charge is 2.49. The molecule has 0 radical (unpaired) electrons. The predicted molar refractivity (Wildman–Crippen MR) is 135 cm³/mol. The molecule has 1 saturated carbocycles. The van der Waals surface area contributed by atoms with E-state index in [0.29, 0.717) is 47.3 Å². The molecule has 2 aliphatic rings. The molecule has 4 rings (SSSR count). The van der Waals surface area contributed by atoms with Gasteiger partial charge in [-0.15, -0.1) is 0 Å². The molecule has 8 nitrogen and oxygen atoms in total. The molecule has 0 aromatic heterocycles. The topological polar surface area (TPSA) is 94.5 Å². The highest BCUT2D eigenvalue weighted by molar-refractivity contribution is 6.46. The Morgan fingerprint density at radius 3 is 2.25 bits per heavy atom. The Labute approximate surface area is 211 Å². The predicted octanol–water partition coefficient (Wildman–Crippen LogP) is 4.87. The number of methoxy groups -OCH3 is 2. The maximum Gasteiger partial charge on any atom is 0.295 e. The van der Waals surface area contributed by atoms with Crippen molar-refractivity contribution in [1.29, 1.82) is 0 Å². The average Bonchev–Trinajstić information content (AvgIpc) is 3.50. The van der Waals surface area contributed by atoms with Crippen LogP contribution >= 0.6 is 0 Å². The first-order chi connectivity index (χ1) is 17.4. The molecule has 1 atom stereocenters. The molecule has 1 amide bonds. The molecule has 1 aliphatic heterocycles. The van der Waals surface area contributed by atoms with Crippen molar-refractivity contribution in [2.45, 2.75) is 51.6 Å². The largest absolute Gasteiger partial charge is 0.507 e. The summed E-state index contributed by atoms with van der Waals surface area (Å²) in [5.41, 5.74) is 1.02. The highest BCUT2D eigenvalue weighted by Crippen LogP contribution is 2.46. The van der Waals surface area contributed by atoms with E-state index in [9.17, 15) is 14.7 Å².